The van der Waals surface area contributed by atoms with Gasteiger partial charge in [0.15, 0.2) is 0 Å². The summed E-state index contributed by atoms with van der Waals surface area (Å²) >= 11 is 2.10. The number of hydrogen-bond acceptors (Lipinski definition) is 2. The average molecular weight is 265 g/mol. The molecule has 60 valence electrons. The largest absolute Gasteiger partial charge is 0.464 e. The minimum atomic E-state index is -0.290. The number of carbonyl (C=O) groups excluding carboxylic acids is 1. The van der Waals surface area contributed by atoms with Crippen LogP contribution in [0.3, 0.4) is 0 Å². The van der Waals surface area contributed by atoms with E-state index in [0.717, 1.165) is 3.57 Å². The van der Waals surface area contributed by atoms with Crippen LogP contribution in [0.4, 0.5) is 0 Å². The van der Waals surface area contributed by atoms with Gasteiger partial charge in [-0.25, -0.2) is 4.79 Å². The maximum absolute atomic E-state index is 11.1. The van der Waals surface area contributed by atoms with Gasteiger partial charge in [0, 0.05) is 16.8 Å². The second-order valence-corrected chi connectivity index (χ2v) is 3.28. The van der Waals surface area contributed by atoms with Crippen molar-refractivity contribution in [3.63, 3.8) is 0 Å². The number of hydrogen-bond donors (Lipinski definition) is 0. The van der Waals surface area contributed by atoms with Crippen molar-refractivity contribution < 1.29 is 9.53 Å². The van der Waals surface area contributed by atoms with Crippen LogP contribution in [-0.2, 0) is 11.8 Å². The summed E-state index contributed by atoms with van der Waals surface area (Å²) in [5, 5.41) is 0. The minimum absolute atomic E-state index is 0.290. The van der Waals surface area contributed by atoms with E-state index >= 15 is 0 Å². The molecule has 0 aromatic carbocycles. The van der Waals surface area contributed by atoms with Gasteiger partial charge in [-0.3, -0.25) is 0 Å². The van der Waals surface area contributed by atoms with Crippen LogP contribution in [0.1, 0.15) is 10.5 Å². The maximum Gasteiger partial charge on any atom is 0.355 e. The number of rotatable bonds is 1. The summed E-state index contributed by atoms with van der Waals surface area (Å²) < 4.78 is 7.25. The number of methoxy groups -OCH3 is 1. The number of halogens is 1. The quantitative estimate of drug-likeness (QED) is 0.568. The lowest BCUT2D eigenvalue weighted by Crippen LogP contribution is -2.08. The number of aromatic nitrogens is 1. The van der Waals surface area contributed by atoms with Crippen molar-refractivity contribution in [1.82, 2.24) is 4.57 Å². The van der Waals surface area contributed by atoms with Crippen LogP contribution in [0.5, 0.6) is 0 Å². The molecule has 11 heavy (non-hydrogen) atoms. The zero-order chi connectivity index (χ0) is 8.43. The predicted molar refractivity (Wildman–Crippen MR) is 49.5 cm³/mol. The topological polar surface area (TPSA) is 31.2 Å². The van der Waals surface area contributed by atoms with Crippen molar-refractivity contribution in [2.75, 3.05) is 7.11 Å². The second-order valence-electron chi connectivity index (χ2n) is 2.11. The summed E-state index contributed by atoms with van der Waals surface area (Å²) in [7, 11) is 3.19. The molecular weight excluding hydrogens is 257 g/mol. The summed E-state index contributed by atoms with van der Waals surface area (Å²) in [5.74, 6) is -0.290. The third kappa shape index (κ3) is 1.55. The van der Waals surface area contributed by atoms with E-state index in [1.165, 1.54) is 7.11 Å². The molecule has 4 heteroatoms. The van der Waals surface area contributed by atoms with Gasteiger partial charge in [0.1, 0.15) is 5.69 Å². The number of esters is 1. The fourth-order valence-corrected chi connectivity index (χ4v) is 1.60. The SMILES string of the molecule is COC(=O)c1c(I)ccn1C. The highest BCUT2D eigenvalue weighted by atomic mass is 127. The van der Waals surface area contributed by atoms with Crippen LogP contribution in [0.15, 0.2) is 12.3 Å². The Morgan fingerprint density at radius 3 is 2.73 bits per heavy atom. The molecule has 0 aliphatic heterocycles. The van der Waals surface area contributed by atoms with Crippen LogP contribution >= 0.6 is 22.6 Å². The smallest absolute Gasteiger partial charge is 0.355 e. The van der Waals surface area contributed by atoms with Gasteiger partial charge in [0.05, 0.1) is 7.11 Å². The fourth-order valence-electron chi connectivity index (χ4n) is 0.837. The Hall–Kier alpha value is -0.520. The Bertz CT molecular complexity index is 260. The van der Waals surface area contributed by atoms with Crippen molar-refractivity contribution in [3.05, 3.63) is 21.5 Å². The minimum Gasteiger partial charge on any atom is -0.464 e. The molecule has 0 N–H and O–H groups in total. The molecule has 1 heterocycles. The highest BCUT2D eigenvalue weighted by Gasteiger charge is 2.12. The van der Waals surface area contributed by atoms with Crippen LogP contribution in [-0.4, -0.2) is 17.6 Å². The van der Waals surface area contributed by atoms with E-state index in [4.69, 9.17) is 0 Å². The monoisotopic (exact) mass is 265 g/mol. The third-order valence-corrected chi connectivity index (χ3v) is 2.27. The first-order chi connectivity index (χ1) is 5.16. The van der Waals surface area contributed by atoms with E-state index in [1.54, 1.807) is 4.57 Å². The Morgan fingerprint density at radius 2 is 2.36 bits per heavy atom. The maximum atomic E-state index is 11.1. The summed E-state index contributed by atoms with van der Waals surface area (Å²) in [6.45, 7) is 0. The van der Waals surface area contributed by atoms with E-state index in [-0.39, 0.29) is 5.97 Å². The molecule has 0 fully saturated rings. The van der Waals surface area contributed by atoms with E-state index in [0.29, 0.717) is 5.69 Å². The number of carbonyl (C=O) groups is 1. The number of nitrogens with zero attached hydrogens (tertiary/aromatic N) is 1. The van der Waals surface area contributed by atoms with Gasteiger partial charge in [-0.1, -0.05) is 0 Å². The van der Waals surface area contributed by atoms with E-state index in [2.05, 4.69) is 27.3 Å². The Labute approximate surface area is 78.5 Å². The average Bonchev–Trinajstić information content (AvgIpc) is 2.30. The molecule has 0 radical (unpaired) electrons. The van der Waals surface area contributed by atoms with Gasteiger partial charge in [-0.15, -0.1) is 0 Å². The molecule has 0 saturated heterocycles. The standard InChI is InChI=1S/C7H8INO2/c1-9-4-3-5(8)6(9)7(10)11-2/h3-4H,1-2H3. The van der Waals surface area contributed by atoms with E-state index < -0.39 is 0 Å². The van der Waals surface area contributed by atoms with E-state index in [9.17, 15) is 4.79 Å². The molecule has 1 aromatic rings. The summed E-state index contributed by atoms with van der Waals surface area (Å²) in [5.41, 5.74) is 0.605. The van der Waals surface area contributed by atoms with Gasteiger partial charge >= 0.3 is 5.97 Å². The highest BCUT2D eigenvalue weighted by molar-refractivity contribution is 14.1. The Kier molecular flexibility index (Phi) is 2.53. The summed E-state index contributed by atoms with van der Waals surface area (Å²) in [6, 6.07) is 1.87. The molecule has 0 aliphatic carbocycles. The molecule has 0 saturated carbocycles. The molecule has 0 atom stereocenters. The van der Waals surface area contributed by atoms with Crippen molar-refractivity contribution in [3.8, 4) is 0 Å². The second kappa shape index (κ2) is 3.25. The van der Waals surface area contributed by atoms with Gasteiger partial charge < -0.3 is 9.30 Å². The molecule has 0 bridgehead atoms. The molecule has 0 amide bonds. The van der Waals surface area contributed by atoms with Crippen molar-refractivity contribution in [1.29, 1.82) is 0 Å². The lowest BCUT2D eigenvalue weighted by molar-refractivity contribution is 0.0588. The summed E-state index contributed by atoms with van der Waals surface area (Å²) in [4.78, 5) is 11.1. The van der Waals surface area contributed by atoms with Crippen LogP contribution in [0.25, 0.3) is 0 Å². The van der Waals surface area contributed by atoms with Gasteiger partial charge in [-0.2, -0.15) is 0 Å². The first-order valence-electron chi connectivity index (χ1n) is 3.06. The number of aryl methyl sites for hydroxylation is 1. The van der Waals surface area contributed by atoms with Gasteiger partial charge in [0.25, 0.3) is 0 Å². The fraction of sp³-hybridized carbons (Fsp3) is 0.286. The molecular formula is C7H8INO2. The van der Waals surface area contributed by atoms with Crippen LogP contribution < -0.4 is 0 Å². The number of ether oxygens (including phenoxy) is 1. The molecule has 0 aliphatic rings. The van der Waals surface area contributed by atoms with Crippen molar-refractivity contribution >= 4 is 28.6 Å². The molecule has 0 unspecified atom stereocenters. The third-order valence-electron chi connectivity index (χ3n) is 1.40. The first kappa shape index (κ1) is 8.58. The first-order valence-corrected chi connectivity index (χ1v) is 4.14. The zero-order valence-corrected chi connectivity index (χ0v) is 8.45. The summed E-state index contributed by atoms with van der Waals surface area (Å²) in [6.07, 6.45) is 1.83. The van der Waals surface area contributed by atoms with E-state index in [1.807, 2.05) is 19.3 Å². The van der Waals surface area contributed by atoms with Gasteiger partial charge in [0.2, 0.25) is 0 Å². The molecule has 3 nitrogen and oxygen atoms in total. The van der Waals surface area contributed by atoms with Gasteiger partial charge in [-0.05, 0) is 28.7 Å². The highest BCUT2D eigenvalue weighted by Crippen LogP contribution is 2.12. The molecule has 1 rings (SSSR count). The normalized spacial score (nSPS) is 9.73. The predicted octanol–water partition coefficient (Wildman–Crippen LogP) is 1.42. The van der Waals surface area contributed by atoms with Crippen molar-refractivity contribution in [2.45, 2.75) is 0 Å². The van der Waals surface area contributed by atoms with Crippen LogP contribution in [0.2, 0.25) is 0 Å². The zero-order valence-electron chi connectivity index (χ0n) is 6.30. The lowest BCUT2D eigenvalue weighted by Gasteiger charge is -2.00. The lowest BCUT2D eigenvalue weighted by atomic mass is 10.4. The Morgan fingerprint density at radius 1 is 1.73 bits per heavy atom. The molecule has 0 spiro atoms. The Balaban J connectivity index is 3.10. The van der Waals surface area contributed by atoms with Crippen molar-refractivity contribution in [2.24, 2.45) is 7.05 Å². The molecule has 1 aromatic heterocycles. The van der Waals surface area contributed by atoms with Crippen LogP contribution in [0, 0.1) is 3.57 Å².